The normalized spacial score (nSPS) is 10.6. The van der Waals surface area contributed by atoms with Gasteiger partial charge in [0.25, 0.3) is 5.91 Å². The van der Waals surface area contributed by atoms with Gasteiger partial charge in [-0.2, -0.15) is 4.99 Å². The molecule has 3 aromatic rings. The standard InChI is InChI=1S/C18H15FN4O/c1-10-4-2-3-5-12(10)16-14-8-11(17(24)23-18(20)21)6-7-13(14)15(19)9-22-16/h2-9H,1H3,(H4,20,21,23,24). The van der Waals surface area contributed by atoms with E-state index in [0.717, 1.165) is 11.1 Å². The van der Waals surface area contributed by atoms with Crippen molar-refractivity contribution in [1.29, 1.82) is 0 Å². The molecule has 0 bridgehead atoms. The highest BCUT2D eigenvalue weighted by Gasteiger charge is 2.14. The molecule has 0 spiro atoms. The fourth-order valence-corrected chi connectivity index (χ4v) is 2.58. The van der Waals surface area contributed by atoms with Crippen molar-refractivity contribution in [3.63, 3.8) is 0 Å². The SMILES string of the molecule is Cc1ccccc1-c1ncc(F)c2ccc(C(=O)N=C(N)N)cc12. The highest BCUT2D eigenvalue weighted by Crippen LogP contribution is 2.31. The molecule has 6 heteroatoms. The van der Waals surface area contributed by atoms with E-state index in [2.05, 4.69) is 9.98 Å². The number of hydrogen-bond donors (Lipinski definition) is 2. The van der Waals surface area contributed by atoms with Gasteiger partial charge in [-0.05, 0) is 24.6 Å². The average Bonchev–Trinajstić information content (AvgIpc) is 2.55. The van der Waals surface area contributed by atoms with Crippen LogP contribution in [0.15, 0.2) is 53.7 Å². The van der Waals surface area contributed by atoms with Crippen LogP contribution in [0.3, 0.4) is 0 Å². The Labute approximate surface area is 137 Å². The first-order valence-corrected chi connectivity index (χ1v) is 7.25. The molecular weight excluding hydrogens is 307 g/mol. The second-order valence-electron chi connectivity index (χ2n) is 5.37. The Hall–Kier alpha value is -3.28. The molecule has 24 heavy (non-hydrogen) atoms. The van der Waals surface area contributed by atoms with E-state index in [4.69, 9.17) is 11.5 Å². The van der Waals surface area contributed by atoms with Gasteiger partial charge < -0.3 is 11.5 Å². The summed E-state index contributed by atoms with van der Waals surface area (Å²) in [6.07, 6.45) is 1.18. The van der Waals surface area contributed by atoms with E-state index in [1.54, 1.807) is 6.07 Å². The van der Waals surface area contributed by atoms with E-state index in [9.17, 15) is 9.18 Å². The number of nitrogens with zero attached hydrogens (tertiary/aromatic N) is 2. The molecule has 0 aliphatic rings. The minimum Gasteiger partial charge on any atom is -0.370 e. The quantitative estimate of drug-likeness (QED) is 0.560. The average molecular weight is 322 g/mol. The lowest BCUT2D eigenvalue weighted by molar-refractivity contribution is 0.100. The van der Waals surface area contributed by atoms with Gasteiger partial charge in [0.2, 0.25) is 0 Å². The molecule has 120 valence electrons. The van der Waals surface area contributed by atoms with Gasteiger partial charge >= 0.3 is 0 Å². The summed E-state index contributed by atoms with van der Waals surface area (Å²) < 4.78 is 14.1. The van der Waals surface area contributed by atoms with Crippen molar-refractivity contribution in [2.45, 2.75) is 6.92 Å². The number of fused-ring (bicyclic) bond motifs is 1. The first-order chi connectivity index (χ1) is 11.5. The number of pyridine rings is 1. The Morgan fingerprint density at radius 3 is 2.58 bits per heavy atom. The number of rotatable bonds is 2. The molecule has 0 radical (unpaired) electrons. The number of carbonyl (C=O) groups is 1. The molecule has 4 N–H and O–H groups in total. The number of amides is 1. The zero-order chi connectivity index (χ0) is 17.3. The zero-order valence-corrected chi connectivity index (χ0v) is 13.0. The molecule has 1 amide bonds. The van der Waals surface area contributed by atoms with Gasteiger partial charge in [-0.3, -0.25) is 9.78 Å². The fourth-order valence-electron chi connectivity index (χ4n) is 2.58. The molecule has 1 heterocycles. The van der Waals surface area contributed by atoms with E-state index in [-0.39, 0.29) is 11.5 Å². The Morgan fingerprint density at radius 2 is 1.88 bits per heavy atom. The molecule has 0 saturated carbocycles. The van der Waals surface area contributed by atoms with Crippen molar-refractivity contribution in [2.75, 3.05) is 0 Å². The number of halogens is 1. The summed E-state index contributed by atoms with van der Waals surface area (Å²) >= 11 is 0. The summed E-state index contributed by atoms with van der Waals surface area (Å²) in [5.41, 5.74) is 13.2. The summed E-state index contributed by atoms with van der Waals surface area (Å²) in [5.74, 6) is -1.36. The number of aromatic nitrogens is 1. The molecule has 1 aromatic heterocycles. The van der Waals surface area contributed by atoms with Crippen LogP contribution < -0.4 is 11.5 Å². The first kappa shape index (κ1) is 15.6. The number of nitrogens with two attached hydrogens (primary N) is 2. The Morgan fingerprint density at radius 1 is 1.12 bits per heavy atom. The molecule has 0 fully saturated rings. The summed E-state index contributed by atoms with van der Waals surface area (Å²) in [6, 6.07) is 12.2. The van der Waals surface area contributed by atoms with Crippen LogP contribution in [-0.2, 0) is 0 Å². The lowest BCUT2D eigenvalue weighted by Crippen LogP contribution is -2.24. The van der Waals surface area contributed by atoms with Gasteiger partial charge in [-0.15, -0.1) is 0 Å². The Balaban J connectivity index is 2.27. The maximum Gasteiger partial charge on any atom is 0.280 e. The predicted octanol–water partition coefficient (Wildman–Crippen LogP) is 2.76. The molecule has 0 aliphatic carbocycles. The Kier molecular flexibility index (Phi) is 3.95. The number of aryl methyl sites for hydroxylation is 1. The minimum atomic E-state index is -0.586. The monoisotopic (exact) mass is 322 g/mol. The van der Waals surface area contributed by atoms with Crippen LogP contribution in [0.25, 0.3) is 22.0 Å². The van der Waals surface area contributed by atoms with Gasteiger partial charge in [0.05, 0.1) is 11.9 Å². The maximum absolute atomic E-state index is 14.1. The van der Waals surface area contributed by atoms with Crippen LogP contribution in [0.1, 0.15) is 15.9 Å². The molecule has 5 nitrogen and oxygen atoms in total. The van der Waals surface area contributed by atoms with Crippen LogP contribution in [0.5, 0.6) is 0 Å². The van der Waals surface area contributed by atoms with Gasteiger partial charge in [0.15, 0.2) is 5.96 Å². The van der Waals surface area contributed by atoms with Crippen LogP contribution >= 0.6 is 0 Å². The largest absolute Gasteiger partial charge is 0.370 e. The van der Waals surface area contributed by atoms with Gasteiger partial charge in [0, 0.05) is 21.9 Å². The second kappa shape index (κ2) is 6.08. The third kappa shape index (κ3) is 2.81. The summed E-state index contributed by atoms with van der Waals surface area (Å²) in [4.78, 5) is 19.8. The van der Waals surface area contributed by atoms with Crippen molar-refractivity contribution in [3.05, 3.63) is 65.6 Å². The highest BCUT2D eigenvalue weighted by atomic mass is 19.1. The Bertz CT molecular complexity index is 978. The molecule has 0 saturated heterocycles. The third-order valence-corrected chi connectivity index (χ3v) is 3.72. The first-order valence-electron chi connectivity index (χ1n) is 7.25. The van der Waals surface area contributed by atoms with E-state index in [1.165, 1.54) is 18.3 Å². The van der Waals surface area contributed by atoms with Crippen molar-refractivity contribution in [1.82, 2.24) is 4.98 Å². The minimum absolute atomic E-state index is 0.262. The topological polar surface area (TPSA) is 94.4 Å². The highest BCUT2D eigenvalue weighted by molar-refractivity contribution is 6.06. The molecule has 0 atom stereocenters. The van der Waals surface area contributed by atoms with E-state index >= 15 is 0 Å². The van der Waals surface area contributed by atoms with Crippen molar-refractivity contribution < 1.29 is 9.18 Å². The number of aliphatic imine (C=N–C) groups is 1. The summed E-state index contributed by atoms with van der Waals surface area (Å²) in [5, 5.41) is 0.908. The lowest BCUT2D eigenvalue weighted by Gasteiger charge is -2.10. The van der Waals surface area contributed by atoms with E-state index < -0.39 is 11.7 Å². The van der Waals surface area contributed by atoms with Gasteiger partial charge in [-0.25, -0.2) is 4.39 Å². The van der Waals surface area contributed by atoms with Crippen molar-refractivity contribution in [3.8, 4) is 11.3 Å². The maximum atomic E-state index is 14.1. The number of guanidine groups is 1. The predicted molar refractivity (Wildman–Crippen MR) is 92.0 cm³/mol. The van der Waals surface area contributed by atoms with Crippen LogP contribution in [0.4, 0.5) is 4.39 Å². The van der Waals surface area contributed by atoms with E-state index in [1.807, 2.05) is 31.2 Å². The third-order valence-electron chi connectivity index (χ3n) is 3.72. The number of benzene rings is 2. The number of carbonyl (C=O) groups excluding carboxylic acids is 1. The summed E-state index contributed by atoms with van der Waals surface area (Å²) in [6.45, 7) is 1.95. The summed E-state index contributed by atoms with van der Waals surface area (Å²) in [7, 11) is 0. The van der Waals surface area contributed by atoms with Gasteiger partial charge in [0.1, 0.15) is 5.82 Å². The number of hydrogen-bond acceptors (Lipinski definition) is 2. The van der Waals surface area contributed by atoms with E-state index in [0.29, 0.717) is 16.5 Å². The van der Waals surface area contributed by atoms with Crippen molar-refractivity contribution >= 4 is 22.6 Å². The lowest BCUT2D eigenvalue weighted by atomic mass is 9.98. The molecule has 2 aromatic carbocycles. The smallest absolute Gasteiger partial charge is 0.280 e. The molecule has 3 rings (SSSR count). The van der Waals surface area contributed by atoms with Gasteiger partial charge in [-0.1, -0.05) is 30.3 Å². The zero-order valence-electron chi connectivity index (χ0n) is 13.0. The molecular formula is C18H15FN4O. The van der Waals surface area contributed by atoms with Crippen LogP contribution in [-0.4, -0.2) is 16.9 Å². The fraction of sp³-hybridized carbons (Fsp3) is 0.0556. The molecule has 0 unspecified atom stereocenters. The van der Waals surface area contributed by atoms with Crippen LogP contribution in [0.2, 0.25) is 0 Å². The second-order valence-corrected chi connectivity index (χ2v) is 5.37. The molecule has 0 aliphatic heterocycles. The van der Waals surface area contributed by atoms with Crippen LogP contribution in [0, 0.1) is 12.7 Å². The van der Waals surface area contributed by atoms with Crippen molar-refractivity contribution in [2.24, 2.45) is 16.5 Å².